The van der Waals surface area contributed by atoms with Crippen molar-refractivity contribution in [3.63, 3.8) is 0 Å². The third-order valence-electron chi connectivity index (χ3n) is 2.33. The molecular formula is C13H18O4. The zero-order valence-electron chi connectivity index (χ0n) is 10.2. The Morgan fingerprint density at radius 2 is 2.18 bits per heavy atom. The molecule has 1 aromatic carbocycles. The lowest BCUT2D eigenvalue weighted by molar-refractivity contribution is -0.143. The maximum atomic E-state index is 11.3. The minimum Gasteiger partial charge on any atom is -0.504 e. The normalized spacial score (nSPS) is 10.0. The summed E-state index contributed by atoms with van der Waals surface area (Å²) in [4.78, 5) is 11.3. The molecule has 1 rings (SSSR count). The molecule has 4 heteroatoms. The molecule has 1 aromatic rings. The maximum Gasteiger partial charge on any atom is 0.306 e. The highest BCUT2D eigenvalue weighted by Crippen LogP contribution is 2.26. The zero-order valence-corrected chi connectivity index (χ0v) is 10.2. The topological polar surface area (TPSA) is 55.8 Å². The smallest absolute Gasteiger partial charge is 0.306 e. The Labute approximate surface area is 101 Å². The molecule has 0 saturated carbocycles. The van der Waals surface area contributed by atoms with E-state index in [9.17, 15) is 9.90 Å². The van der Waals surface area contributed by atoms with Gasteiger partial charge in [-0.05, 0) is 30.5 Å². The van der Waals surface area contributed by atoms with Crippen LogP contribution in [-0.4, -0.2) is 24.8 Å². The standard InChI is InChI=1S/C13H18O4/c1-3-8-17-13(15)7-5-10-4-6-11(14)12(9-10)16-2/h4,6,9,14H,3,5,7-8H2,1-2H3. The Morgan fingerprint density at radius 1 is 1.41 bits per heavy atom. The van der Waals surface area contributed by atoms with Crippen LogP contribution in [0, 0.1) is 0 Å². The summed E-state index contributed by atoms with van der Waals surface area (Å²) in [6.45, 7) is 2.43. The molecule has 94 valence electrons. The first kappa shape index (κ1) is 13.4. The minimum atomic E-state index is -0.195. The molecule has 0 aliphatic rings. The number of carbonyl (C=O) groups excluding carboxylic acids is 1. The molecule has 0 fully saturated rings. The van der Waals surface area contributed by atoms with Crippen LogP contribution < -0.4 is 4.74 Å². The first-order valence-electron chi connectivity index (χ1n) is 5.69. The number of carbonyl (C=O) groups is 1. The van der Waals surface area contributed by atoms with Gasteiger partial charge >= 0.3 is 5.97 Å². The van der Waals surface area contributed by atoms with Crippen molar-refractivity contribution in [1.29, 1.82) is 0 Å². The lowest BCUT2D eigenvalue weighted by Crippen LogP contribution is -2.06. The van der Waals surface area contributed by atoms with Crippen LogP contribution in [0.4, 0.5) is 0 Å². The van der Waals surface area contributed by atoms with Gasteiger partial charge in [-0.15, -0.1) is 0 Å². The summed E-state index contributed by atoms with van der Waals surface area (Å²) in [6.07, 6.45) is 1.76. The van der Waals surface area contributed by atoms with Crippen LogP contribution in [0.15, 0.2) is 18.2 Å². The number of benzene rings is 1. The highest BCUT2D eigenvalue weighted by atomic mass is 16.5. The van der Waals surface area contributed by atoms with Gasteiger partial charge in [-0.2, -0.15) is 0 Å². The summed E-state index contributed by atoms with van der Waals surface area (Å²) >= 11 is 0. The van der Waals surface area contributed by atoms with Crippen molar-refractivity contribution in [3.05, 3.63) is 23.8 Å². The second-order valence-electron chi connectivity index (χ2n) is 3.73. The van der Waals surface area contributed by atoms with Gasteiger partial charge in [0, 0.05) is 6.42 Å². The van der Waals surface area contributed by atoms with Crippen LogP contribution in [0.3, 0.4) is 0 Å². The fourth-order valence-electron chi connectivity index (χ4n) is 1.41. The van der Waals surface area contributed by atoms with Crippen molar-refractivity contribution < 1.29 is 19.4 Å². The van der Waals surface area contributed by atoms with Crippen molar-refractivity contribution in [3.8, 4) is 11.5 Å². The number of methoxy groups -OCH3 is 1. The van der Waals surface area contributed by atoms with Crippen LogP contribution in [0.1, 0.15) is 25.3 Å². The van der Waals surface area contributed by atoms with E-state index < -0.39 is 0 Å². The van der Waals surface area contributed by atoms with E-state index in [4.69, 9.17) is 9.47 Å². The molecule has 0 bridgehead atoms. The lowest BCUT2D eigenvalue weighted by Gasteiger charge is -2.06. The van der Waals surface area contributed by atoms with E-state index in [2.05, 4.69) is 0 Å². The third kappa shape index (κ3) is 4.34. The third-order valence-corrected chi connectivity index (χ3v) is 2.33. The monoisotopic (exact) mass is 238 g/mol. The van der Waals surface area contributed by atoms with Crippen molar-refractivity contribution in [2.24, 2.45) is 0 Å². The second-order valence-corrected chi connectivity index (χ2v) is 3.73. The van der Waals surface area contributed by atoms with Gasteiger partial charge in [0.15, 0.2) is 11.5 Å². The Kier molecular flexibility index (Phi) is 5.33. The van der Waals surface area contributed by atoms with Crippen molar-refractivity contribution >= 4 is 5.97 Å². The fraction of sp³-hybridized carbons (Fsp3) is 0.462. The number of phenolic OH excluding ortho intramolecular Hbond substituents is 1. The molecule has 0 amide bonds. The van der Waals surface area contributed by atoms with Gasteiger partial charge < -0.3 is 14.6 Å². The maximum absolute atomic E-state index is 11.3. The second kappa shape index (κ2) is 6.78. The number of hydrogen-bond acceptors (Lipinski definition) is 4. The van der Waals surface area contributed by atoms with Gasteiger partial charge in [0.1, 0.15) is 0 Å². The van der Waals surface area contributed by atoms with E-state index in [1.807, 2.05) is 6.92 Å². The van der Waals surface area contributed by atoms with Crippen LogP contribution in [0.5, 0.6) is 11.5 Å². The Hall–Kier alpha value is -1.71. The number of rotatable bonds is 6. The molecule has 0 spiro atoms. The number of aromatic hydroxyl groups is 1. The van der Waals surface area contributed by atoms with E-state index >= 15 is 0 Å². The number of esters is 1. The Morgan fingerprint density at radius 3 is 2.82 bits per heavy atom. The predicted molar refractivity (Wildman–Crippen MR) is 64.2 cm³/mol. The summed E-state index contributed by atoms with van der Waals surface area (Å²) in [7, 11) is 1.49. The largest absolute Gasteiger partial charge is 0.504 e. The Balaban J connectivity index is 2.49. The lowest BCUT2D eigenvalue weighted by atomic mass is 10.1. The van der Waals surface area contributed by atoms with Gasteiger partial charge in [0.25, 0.3) is 0 Å². The van der Waals surface area contributed by atoms with Gasteiger partial charge in [0.05, 0.1) is 13.7 Å². The van der Waals surface area contributed by atoms with E-state index in [1.54, 1.807) is 18.2 Å². The molecular weight excluding hydrogens is 220 g/mol. The highest BCUT2D eigenvalue weighted by Gasteiger charge is 2.06. The van der Waals surface area contributed by atoms with E-state index in [1.165, 1.54) is 7.11 Å². The molecule has 4 nitrogen and oxygen atoms in total. The molecule has 0 atom stereocenters. The first-order chi connectivity index (χ1) is 8.17. The fourth-order valence-corrected chi connectivity index (χ4v) is 1.41. The number of aryl methyl sites for hydroxylation is 1. The van der Waals surface area contributed by atoms with Crippen molar-refractivity contribution in [2.45, 2.75) is 26.2 Å². The Bertz CT molecular complexity index is 374. The molecule has 0 saturated heterocycles. The van der Waals surface area contributed by atoms with Crippen LogP contribution in [-0.2, 0) is 16.0 Å². The number of hydrogen-bond donors (Lipinski definition) is 1. The van der Waals surface area contributed by atoms with Crippen molar-refractivity contribution in [2.75, 3.05) is 13.7 Å². The van der Waals surface area contributed by atoms with Crippen LogP contribution in [0.2, 0.25) is 0 Å². The molecule has 0 aromatic heterocycles. The predicted octanol–water partition coefficient (Wildman–Crippen LogP) is 2.29. The van der Waals surface area contributed by atoms with Gasteiger partial charge in [-0.3, -0.25) is 4.79 Å². The molecule has 17 heavy (non-hydrogen) atoms. The summed E-state index contributed by atoms with van der Waals surface area (Å²) in [5.74, 6) is 0.327. The molecule has 0 unspecified atom stereocenters. The summed E-state index contributed by atoms with van der Waals surface area (Å²) in [6, 6.07) is 5.05. The minimum absolute atomic E-state index is 0.102. The van der Waals surface area contributed by atoms with Gasteiger partial charge in [0.2, 0.25) is 0 Å². The van der Waals surface area contributed by atoms with E-state index in [0.717, 1.165) is 12.0 Å². The van der Waals surface area contributed by atoms with Gasteiger partial charge in [-0.1, -0.05) is 13.0 Å². The summed E-state index contributed by atoms with van der Waals surface area (Å²) < 4.78 is 9.96. The molecule has 1 N–H and O–H groups in total. The molecule has 0 heterocycles. The molecule has 0 radical (unpaired) electrons. The number of ether oxygens (including phenoxy) is 2. The summed E-state index contributed by atoms with van der Waals surface area (Å²) in [5, 5.41) is 9.41. The van der Waals surface area contributed by atoms with Gasteiger partial charge in [-0.25, -0.2) is 0 Å². The average molecular weight is 238 g/mol. The molecule has 0 aliphatic heterocycles. The SMILES string of the molecule is CCCOC(=O)CCc1ccc(O)c(OC)c1. The quantitative estimate of drug-likeness (QED) is 0.772. The summed E-state index contributed by atoms with van der Waals surface area (Å²) in [5.41, 5.74) is 0.938. The van der Waals surface area contributed by atoms with Crippen LogP contribution >= 0.6 is 0 Å². The highest BCUT2D eigenvalue weighted by molar-refractivity contribution is 5.69. The zero-order chi connectivity index (χ0) is 12.7. The average Bonchev–Trinajstić information content (AvgIpc) is 2.35. The van der Waals surface area contributed by atoms with Crippen molar-refractivity contribution in [1.82, 2.24) is 0 Å². The molecule has 0 aliphatic carbocycles. The van der Waals surface area contributed by atoms with E-state index in [-0.39, 0.29) is 11.7 Å². The van der Waals surface area contributed by atoms with Crippen LogP contribution in [0.25, 0.3) is 0 Å². The number of phenols is 1. The first-order valence-corrected chi connectivity index (χ1v) is 5.69. The van der Waals surface area contributed by atoms with E-state index in [0.29, 0.717) is 25.2 Å².